The lowest BCUT2D eigenvalue weighted by Gasteiger charge is -2.32. The molecule has 32 heavy (non-hydrogen) atoms. The van der Waals surface area contributed by atoms with Crippen LogP contribution >= 0.6 is 15.9 Å². The molecule has 1 atom stereocenters. The molecule has 1 fully saturated rings. The minimum Gasteiger partial charge on any atom is -0.489 e. The Morgan fingerprint density at radius 1 is 1.31 bits per heavy atom. The topological polar surface area (TPSA) is 119 Å². The van der Waals surface area contributed by atoms with Crippen LogP contribution in [-0.4, -0.2) is 60.4 Å². The number of nitrogens with zero attached hydrogens (tertiary/aromatic N) is 7. The standard InChI is InChI=1S/C20H21BrFN7O3/c1-2-16(20(30)31)29-19(25-26-27-29)15-10-24-18(11-23-15)28-7-5-13(6-8-28)32-17-9-12(22)3-4-14(17)21/h3-4,9-11,13,16H,2,5-8H2,1H3,(H,30,31). The lowest BCUT2D eigenvalue weighted by Crippen LogP contribution is -2.38. The normalized spacial score (nSPS) is 15.5. The molecule has 12 heteroatoms. The lowest BCUT2D eigenvalue weighted by atomic mass is 10.1. The van der Waals surface area contributed by atoms with Gasteiger partial charge in [0.15, 0.2) is 6.04 Å². The predicted molar refractivity (Wildman–Crippen MR) is 116 cm³/mol. The Bertz CT molecular complexity index is 1090. The SMILES string of the molecule is CCC(C(=O)O)n1nnnc1-c1cnc(N2CCC(Oc3cc(F)ccc3Br)CC2)cn1. The summed E-state index contributed by atoms with van der Waals surface area (Å²) in [7, 11) is 0. The molecule has 0 bridgehead atoms. The van der Waals surface area contributed by atoms with Crippen LogP contribution in [0.25, 0.3) is 11.5 Å². The molecule has 0 saturated carbocycles. The van der Waals surface area contributed by atoms with E-state index >= 15 is 0 Å². The summed E-state index contributed by atoms with van der Waals surface area (Å²) >= 11 is 3.39. The van der Waals surface area contributed by atoms with Gasteiger partial charge in [0, 0.05) is 32.0 Å². The fraction of sp³-hybridized carbons (Fsp3) is 0.400. The summed E-state index contributed by atoms with van der Waals surface area (Å²) in [5, 5.41) is 20.7. The number of piperidine rings is 1. The molecule has 3 heterocycles. The molecule has 0 amide bonds. The van der Waals surface area contributed by atoms with Gasteiger partial charge in [-0.05, 0) is 44.9 Å². The van der Waals surface area contributed by atoms with Gasteiger partial charge < -0.3 is 14.7 Å². The number of carboxylic acid groups (broad SMARTS) is 1. The Morgan fingerprint density at radius 2 is 2.09 bits per heavy atom. The number of aromatic nitrogens is 6. The van der Waals surface area contributed by atoms with E-state index in [2.05, 4.69) is 46.3 Å². The van der Waals surface area contributed by atoms with Crippen molar-refractivity contribution in [3.05, 3.63) is 40.9 Å². The molecule has 1 aromatic carbocycles. The third kappa shape index (κ3) is 4.69. The number of anilines is 1. The summed E-state index contributed by atoms with van der Waals surface area (Å²) in [6.07, 6.45) is 4.98. The number of ether oxygens (including phenoxy) is 1. The Morgan fingerprint density at radius 3 is 2.75 bits per heavy atom. The largest absolute Gasteiger partial charge is 0.489 e. The fourth-order valence-electron chi connectivity index (χ4n) is 3.57. The second-order valence-electron chi connectivity index (χ2n) is 7.35. The zero-order valence-corrected chi connectivity index (χ0v) is 18.8. The molecular formula is C20H21BrFN7O3. The van der Waals surface area contributed by atoms with E-state index in [1.807, 2.05) is 0 Å². The zero-order valence-electron chi connectivity index (χ0n) is 17.2. The van der Waals surface area contributed by atoms with E-state index in [1.54, 1.807) is 25.4 Å². The molecule has 0 aliphatic carbocycles. The molecule has 0 spiro atoms. The smallest absolute Gasteiger partial charge is 0.328 e. The molecule has 2 aromatic heterocycles. The van der Waals surface area contributed by atoms with Gasteiger partial charge in [0.2, 0.25) is 5.82 Å². The van der Waals surface area contributed by atoms with Gasteiger partial charge in [-0.2, -0.15) is 0 Å². The highest BCUT2D eigenvalue weighted by atomic mass is 79.9. The van der Waals surface area contributed by atoms with Crippen molar-refractivity contribution in [2.45, 2.75) is 38.3 Å². The van der Waals surface area contributed by atoms with Crippen LogP contribution in [0.5, 0.6) is 5.75 Å². The number of carboxylic acids is 1. The van der Waals surface area contributed by atoms with Crippen molar-refractivity contribution in [1.82, 2.24) is 30.2 Å². The summed E-state index contributed by atoms with van der Waals surface area (Å²) in [5.74, 6) is 0.100. The van der Waals surface area contributed by atoms with Gasteiger partial charge in [-0.25, -0.2) is 23.8 Å². The van der Waals surface area contributed by atoms with Crippen LogP contribution in [0.15, 0.2) is 35.1 Å². The number of hydrogen-bond donors (Lipinski definition) is 1. The number of aliphatic carboxylic acids is 1. The van der Waals surface area contributed by atoms with Crippen LogP contribution < -0.4 is 9.64 Å². The van der Waals surface area contributed by atoms with Gasteiger partial charge in [0.1, 0.15) is 29.2 Å². The first-order valence-corrected chi connectivity index (χ1v) is 10.9. The second kappa shape index (κ2) is 9.55. The van der Waals surface area contributed by atoms with E-state index in [1.165, 1.54) is 16.8 Å². The molecule has 1 aliphatic rings. The number of rotatable bonds is 7. The highest BCUT2D eigenvalue weighted by Crippen LogP contribution is 2.29. The highest BCUT2D eigenvalue weighted by molar-refractivity contribution is 9.10. The van der Waals surface area contributed by atoms with Crippen molar-refractivity contribution < 1.29 is 19.0 Å². The maximum atomic E-state index is 13.5. The first kappa shape index (κ1) is 22.1. The van der Waals surface area contributed by atoms with Crippen LogP contribution in [-0.2, 0) is 4.79 Å². The maximum absolute atomic E-state index is 13.5. The van der Waals surface area contributed by atoms with Gasteiger partial charge in [-0.1, -0.05) is 6.92 Å². The second-order valence-corrected chi connectivity index (χ2v) is 8.20. The van der Waals surface area contributed by atoms with Crippen molar-refractivity contribution >= 4 is 27.7 Å². The average molecular weight is 506 g/mol. The number of tetrazole rings is 1. The first-order chi connectivity index (χ1) is 15.5. The molecular weight excluding hydrogens is 485 g/mol. The van der Waals surface area contributed by atoms with E-state index in [9.17, 15) is 14.3 Å². The molecule has 10 nitrogen and oxygen atoms in total. The summed E-state index contributed by atoms with van der Waals surface area (Å²) in [5.41, 5.74) is 0.396. The summed E-state index contributed by atoms with van der Waals surface area (Å²) in [4.78, 5) is 22.4. The number of hydrogen-bond acceptors (Lipinski definition) is 8. The highest BCUT2D eigenvalue weighted by Gasteiger charge is 2.25. The van der Waals surface area contributed by atoms with E-state index in [-0.39, 0.29) is 17.7 Å². The Labute approximate surface area is 191 Å². The minimum absolute atomic E-state index is 0.0248. The van der Waals surface area contributed by atoms with Crippen molar-refractivity contribution in [2.24, 2.45) is 0 Å². The van der Waals surface area contributed by atoms with Crippen LogP contribution in [0.2, 0.25) is 0 Å². The number of benzene rings is 1. The molecule has 1 aliphatic heterocycles. The van der Waals surface area contributed by atoms with E-state index in [0.29, 0.717) is 36.8 Å². The number of carbonyl (C=O) groups is 1. The van der Waals surface area contributed by atoms with Gasteiger partial charge in [-0.3, -0.25) is 0 Å². The minimum atomic E-state index is -1.01. The average Bonchev–Trinajstić information content (AvgIpc) is 3.26. The maximum Gasteiger partial charge on any atom is 0.328 e. The van der Waals surface area contributed by atoms with Crippen LogP contribution in [0.4, 0.5) is 10.2 Å². The molecule has 0 radical (unpaired) electrons. The van der Waals surface area contributed by atoms with Crippen LogP contribution in [0.3, 0.4) is 0 Å². The van der Waals surface area contributed by atoms with Crippen molar-refractivity contribution in [3.63, 3.8) is 0 Å². The monoisotopic (exact) mass is 505 g/mol. The first-order valence-electron chi connectivity index (χ1n) is 10.2. The Kier molecular flexibility index (Phi) is 6.58. The van der Waals surface area contributed by atoms with Crippen molar-refractivity contribution in [3.8, 4) is 17.3 Å². The molecule has 4 rings (SSSR count). The summed E-state index contributed by atoms with van der Waals surface area (Å²) < 4.78 is 21.4. The molecule has 1 unspecified atom stereocenters. The van der Waals surface area contributed by atoms with E-state index in [0.717, 1.165) is 17.3 Å². The number of halogens is 2. The fourth-order valence-corrected chi connectivity index (χ4v) is 3.91. The van der Waals surface area contributed by atoms with Gasteiger partial charge >= 0.3 is 5.97 Å². The van der Waals surface area contributed by atoms with Gasteiger partial charge in [0.25, 0.3) is 0 Å². The lowest BCUT2D eigenvalue weighted by molar-refractivity contribution is -0.141. The van der Waals surface area contributed by atoms with Crippen LogP contribution in [0, 0.1) is 5.82 Å². The Balaban J connectivity index is 1.40. The third-order valence-electron chi connectivity index (χ3n) is 5.28. The quantitative estimate of drug-likeness (QED) is 0.516. The molecule has 168 valence electrons. The summed E-state index contributed by atoms with van der Waals surface area (Å²) in [6.45, 7) is 3.17. The molecule has 1 N–H and O–H groups in total. The van der Waals surface area contributed by atoms with E-state index < -0.39 is 12.0 Å². The summed E-state index contributed by atoms with van der Waals surface area (Å²) in [6, 6.07) is 3.51. The van der Waals surface area contributed by atoms with Gasteiger partial charge in [0.05, 0.1) is 16.9 Å². The zero-order chi connectivity index (χ0) is 22.7. The van der Waals surface area contributed by atoms with Crippen molar-refractivity contribution in [1.29, 1.82) is 0 Å². The Hall–Kier alpha value is -3.15. The molecule has 3 aromatic rings. The predicted octanol–water partition coefficient (Wildman–Crippen LogP) is 3.12. The van der Waals surface area contributed by atoms with E-state index in [4.69, 9.17) is 4.74 Å². The van der Waals surface area contributed by atoms with Gasteiger partial charge in [-0.15, -0.1) is 5.10 Å². The molecule has 1 saturated heterocycles. The van der Waals surface area contributed by atoms with Crippen LogP contribution in [0.1, 0.15) is 32.2 Å². The van der Waals surface area contributed by atoms with Crippen molar-refractivity contribution in [2.75, 3.05) is 18.0 Å². The third-order valence-corrected chi connectivity index (χ3v) is 5.94.